The molecular formula is C29H30N4O6S2. The van der Waals surface area contributed by atoms with Crippen molar-refractivity contribution in [3.63, 3.8) is 0 Å². The molecule has 1 saturated heterocycles. The summed E-state index contributed by atoms with van der Waals surface area (Å²) in [6.45, 7) is 0.0477. The number of rotatable bonds is 10. The van der Waals surface area contributed by atoms with Crippen LogP contribution in [0.1, 0.15) is 41.6 Å². The molecule has 3 amide bonds. The molecular weight excluding hydrogens is 564 g/mol. The first kappa shape index (κ1) is 28.6. The maximum absolute atomic E-state index is 14.2. The molecule has 1 saturated carbocycles. The Hall–Kier alpha value is -3.90. The number of hydrogen-bond acceptors (Lipinski definition) is 9. The van der Waals surface area contributed by atoms with E-state index >= 15 is 0 Å². The molecule has 1 aliphatic carbocycles. The molecule has 41 heavy (non-hydrogen) atoms. The van der Waals surface area contributed by atoms with Crippen molar-refractivity contribution < 1.29 is 28.7 Å². The normalized spacial score (nSPS) is 18.0. The lowest BCUT2D eigenvalue weighted by Crippen LogP contribution is -2.50. The fourth-order valence-electron chi connectivity index (χ4n) is 4.42. The van der Waals surface area contributed by atoms with Gasteiger partial charge in [0.15, 0.2) is 5.13 Å². The largest absolute Gasteiger partial charge is 0.469 e. The van der Waals surface area contributed by atoms with Crippen LogP contribution in [-0.2, 0) is 25.7 Å². The van der Waals surface area contributed by atoms with Crippen LogP contribution in [0.15, 0.2) is 66.2 Å². The molecule has 2 heterocycles. The third kappa shape index (κ3) is 7.06. The SMILES string of the molecule is COC(=O)CCC1SCC(C(=O)N(c2ccc(C(=O)NC3CC3)cc2)c2nccs2)N1C(=O)OCc1ccccc1. The molecule has 1 aromatic heterocycles. The predicted octanol–water partition coefficient (Wildman–Crippen LogP) is 4.73. The first-order valence-electron chi connectivity index (χ1n) is 13.3. The molecule has 0 bridgehead atoms. The topological polar surface area (TPSA) is 118 Å². The average molecular weight is 595 g/mol. The summed E-state index contributed by atoms with van der Waals surface area (Å²) in [5.74, 6) is -0.596. The van der Waals surface area contributed by atoms with Gasteiger partial charge in [-0.1, -0.05) is 30.3 Å². The van der Waals surface area contributed by atoms with Crippen LogP contribution in [0.2, 0.25) is 0 Å². The third-order valence-corrected chi connectivity index (χ3v) is 8.86. The van der Waals surface area contributed by atoms with Crippen LogP contribution >= 0.6 is 23.1 Å². The smallest absolute Gasteiger partial charge is 0.411 e. The third-order valence-electron chi connectivity index (χ3n) is 6.75. The number of carbonyl (C=O) groups excluding carboxylic acids is 4. The molecule has 0 radical (unpaired) electrons. The van der Waals surface area contributed by atoms with Crippen molar-refractivity contribution in [2.75, 3.05) is 17.8 Å². The predicted molar refractivity (Wildman–Crippen MR) is 156 cm³/mol. The van der Waals surface area contributed by atoms with E-state index in [0.29, 0.717) is 28.6 Å². The van der Waals surface area contributed by atoms with Crippen molar-refractivity contribution in [2.24, 2.45) is 0 Å². The lowest BCUT2D eigenvalue weighted by molar-refractivity contribution is -0.140. The minimum atomic E-state index is -0.868. The van der Waals surface area contributed by atoms with Gasteiger partial charge in [0.1, 0.15) is 12.6 Å². The Kier molecular flexibility index (Phi) is 9.20. The monoisotopic (exact) mass is 594 g/mol. The summed E-state index contributed by atoms with van der Waals surface area (Å²) in [7, 11) is 1.31. The van der Waals surface area contributed by atoms with Gasteiger partial charge in [-0.05, 0) is 49.1 Å². The maximum Gasteiger partial charge on any atom is 0.411 e. The van der Waals surface area contributed by atoms with Gasteiger partial charge in [-0.15, -0.1) is 23.1 Å². The zero-order chi connectivity index (χ0) is 28.8. The number of anilines is 2. The summed E-state index contributed by atoms with van der Waals surface area (Å²) >= 11 is 2.70. The summed E-state index contributed by atoms with van der Waals surface area (Å²) in [4.78, 5) is 59.3. The summed E-state index contributed by atoms with van der Waals surface area (Å²) in [6.07, 6.45) is 3.34. The zero-order valence-electron chi connectivity index (χ0n) is 22.4. The molecule has 3 aromatic rings. The fourth-order valence-corrected chi connectivity index (χ4v) is 6.48. The Morgan fingerprint density at radius 2 is 1.83 bits per heavy atom. The van der Waals surface area contributed by atoms with Gasteiger partial charge in [-0.3, -0.25) is 24.2 Å². The summed E-state index contributed by atoms with van der Waals surface area (Å²) < 4.78 is 10.4. The van der Waals surface area contributed by atoms with Crippen molar-refractivity contribution in [2.45, 2.75) is 49.7 Å². The highest BCUT2D eigenvalue weighted by Crippen LogP contribution is 2.37. The number of hydrogen-bond donors (Lipinski definition) is 1. The molecule has 1 aliphatic heterocycles. The number of methoxy groups -OCH3 is 1. The number of thiazole rings is 1. The number of nitrogens with zero attached hydrogens (tertiary/aromatic N) is 3. The highest BCUT2D eigenvalue weighted by molar-refractivity contribution is 8.00. The maximum atomic E-state index is 14.2. The lowest BCUT2D eigenvalue weighted by atomic mass is 10.1. The van der Waals surface area contributed by atoms with Crippen LogP contribution in [0.3, 0.4) is 0 Å². The van der Waals surface area contributed by atoms with Crippen LogP contribution in [0, 0.1) is 0 Å². The molecule has 12 heteroatoms. The van der Waals surface area contributed by atoms with Crippen LogP contribution in [0.4, 0.5) is 15.6 Å². The van der Waals surface area contributed by atoms with Gasteiger partial charge in [0.2, 0.25) is 0 Å². The number of carbonyl (C=O) groups is 4. The second kappa shape index (κ2) is 13.2. The van der Waals surface area contributed by atoms with Crippen LogP contribution in [0.25, 0.3) is 0 Å². The van der Waals surface area contributed by atoms with Gasteiger partial charge in [-0.25, -0.2) is 9.78 Å². The van der Waals surface area contributed by atoms with Crippen molar-refractivity contribution in [3.8, 4) is 0 Å². The van der Waals surface area contributed by atoms with Crippen molar-refractivity contribution in [1.29, 1.82) is 0 Å². The minimum absolute atomic E-state index is 0.0477. The molecule has 2 aromatic carbocycles. The van der Waals surface area contributed by atoms with E-state index in [1.54, 1.807) is 35.8 Å². The van der Waals surface area contributed by atoms with Gasteiger partial charge in [0.05, 0.1) is 18.2 Å². The van der Waals surface area contributed by atoms with E-state index in [1.807, 2.05) is 30.3 Å². The number of nitrogens with one attached hydrogen (secondary N) is 1. The number of aromatic nitrogens is 1. The van der Waals surface area contributed by atoms with E-state index in [1.165, 1.54) is 40.0 Å². The number of benzene rings is 2. The highest BCUT2D eigenvalue weighted by Gasteiger charge is 2.45. The number of thioether (sulfide) groups is 1. The van der Waals surface area contributed by atoms with E-state index < -0.39 is 23.5 Å². The number of amides is 3. The van der Waals surface area contributed by atoms with Gasteiger partial charge < -0.3 is 14.8 Å². The van der Waals surface area contributed by atoms with Crippen LogP contribution in [0.5, 0.6) is 0 Å². The first-order chi connectivity index (χ1) is 19.9. The Labute approximate surface area is 246 Å². The molecule has 214 valence electrons. The standard InChI is InChI=1S/C29H30N4O6S2/c1-38-25(34)14-13-24-33(29(37)39-17-19-5-3-2-4-6-19)23(18-41-24)27(36)32(28-30-15-16-40-28)22-11-7-20(8-12-22)26(35)31-21-9-10-21/h2-8,11-12,15-16,21,23-24H,9-10,13-14,17-18H2,1H3,(H,31,35). The van der Waals surface area contributed by atoms with Crippen LogP contribution < -0.4 is 10.2 Å². The first-order valence-corrected chi connectivity index (χ1v) is 15.2. The summed E-state index contributed by atoms with van der Waals surface area (Å²) in [6, 6.07) is 15.4. The highest BCUT2D eigenvalue weighted by atomic mass is 32.2. The molecule has 1 N–H and O–H groups in total. The molecule has 0 spiro atoms. The van der Waals surface area contributed by atoms with E-state index in [9.17, 15) is 19.2 Å². The van der Waals surface area contributed by atoms with Crippen LogP contribution in [-0.4, -0.2) is 64.1 Å². The lowest BCUT2D eigenvalue weighted by Gasteiger charge is -2.31. The molecule has 10 nitrogen and oxygen atoms in total. The Morgan fingerprint density at radius 3 is 2.49 bits per heavy atom. The molecule has 2 unspecified atom stereocenters. The van der Waals surface area contributed by atoms with Gasteiger partial charge in [0.25, 0.3) is 11.8 Å². The van der Waals surface area contributed by atoms with E-state index in [4.69, 9.17) is 9.47 Å². The zero-order valence-corrected chi connectivity index (χ0v) is 24.1. The van der Waals surface area contributed by atoms with Gasteiger partial charge in [0, 0.05) is 35.4 Å². The van der Waals surface area contributed by atoms with E-state index in [-0.39, 0.29) is 30.9 Å². The van der Waals surface area contributed by atoms with E-state index in [2.05, 4.69) is 10.3 Å². The Balaban J connectivity index is 1.39. The Bertz CT molecular complexity index is 1370. The van der Waals surface area contributed by atoms with Crippen molar-refractivity contribution in [3.05, 3.63) is 77.3 Å². The van der Waals surface area contributed by atoms with E-state index in [0.717, 1.165) is 18.4 Å². The molecule has 2 aliphatic rings. The average Bonchev–Trinajstić information content (AvgIpc) is 3.46. The summed E-state index contributed by atoms with van der Waals surface area (Å²) in [5, 5.41) is 4.70. The molecule has 2 atom stereocenters. The second-order valence-corrected chi connectivity index (χ2v) is 11.7. The quantitative estimate of drug-likeness (QED) is 0.335. The fraction of sp³-hybridized carbons (Fsp3) is 0.345. The van der Waals surface area contributed by atoms with Crippen molar-refractivity contribution >= 4 is 57.8 Å². The molecule has 2 fully saturated rings. The van der Waals surface area contributed by atoms with Crippen molar-refractivity contribution in [1.82, 2.24) is 15.2 Å². The van der Waals surface area contributed by atoms with Gasteiger partial charge >= 0.3 is 12.1 Å². The number of esters is 1. The number of ether oxygens (including phenoxy) is 2. The Morgan fingerprint density at radius 1 is 1.07 bits per heavy atom. The molecule has 5 rings (SSSR count). The minimum Gasteiger partial charge on any atom is -0.469 e. The van der Waals surface area contributed by atoms with Gasteiger partial charge in [-0.2, -0.15) is 0 Å². The second-order valence-electron chi connectivity index (χ2n) is 9.65. The summed E-state index contributed by atoms with van der Waals surface area (Å²) in [5.41, 5.74) is 1.84.